The van der Waals surface area contributed by atoms with Gasteiger partial charge in [0.05, 0.1) is 0 Å². The Morgan fingerprint density at radius 1 is 0.333 bits per heavy atom. The molecule has 11 rings (SSSR count). The summed E-state index contributed by atoms with van der Waals surface area (Å²) in [5.74, 6) is 1.85. The zero-order valence-electron chi connectivity index (χ0n) is 27.3. The third-order valence-electron chi connectivity index (χ3n) is 10.2. The first-order chi connectivity index (χ1) is 25.2. The number of furan rings is 1. The van der Waals surface area contributed by atoms with Crippen molar-refractivity contribution in [3.05, 3.63) is 164 Å². The van der Waals surface area contributed by atoms with Gasteiger partial charge >= 0.3 is 0 Å². The molecule has 0 atom stereocenters. The van der Waals surface area contributed by atoms with Crippen molar-refractivity contribution in [3.63, 3.8) is 0 Å². The van der Waals surface area contributed by atoms with Gasteiger partial charge in [0.15, 0.2) is 17.5 Å². The maximum atomic E-state index is 6.89. The Kier molecular flexibility index (Phi) is 5.92. The van der Waals surface area contributed by atoms with Crippen LogP contribution in [-0.4, -0.2) is 15.0 Å². The molecule has 0 aliphatic heterocycles. The summed E-state index contributed by atoms with van der Waals surface area (Å²) in [6.07, 6.45) is 0. The minimum Gasteiger partial charge on any atom is -0.455 e. The fourth-order valence-electron chi connectivity index (χ4n) is 7.78. The number of hydrogen-bond donors (Lipinski definition) is 0. The van der Waals surface area contributed by atoms with Crippen LogP contribution >= 0.6 is 0 Å². The zero-order valence-corrected chi connectivity index (χ0v) is 27.3. The smallest absolute Gasteiger partial charge is 0.164 e. The number of hydrogen-bond acceptors (Lipinski definition) is 4. The molecule has 4 nitrogen and oxygen atoms in total. The van der Waals surface area contributed by atoms with E-state index in [2.05, 4.69) is 146 Å². The van der Waals surface area contributed by atoms with Crippen LogP contribution in [0.15, 0.2) is 168 Å². The Morgan fingerprint density at radius 2 is 0.902 bits per heavy atom. The van der Waals surface area contributed by atoms with Crippen molar-refractivity contribution in [1.29, 1.82) is 0 Å². The minimum absolute atomic E-state index is 0.604. The first-order valence-electron chi connectivity index (χ1n) is 17.2. The average Bonchev–Trinajstić information content (AvgIpc) is 3.57. The van der Waals surface area contributed by atoms with Crippen molar-refractivity contribution < 1.29 is 4.42 Å². The Hall–Kier alpha value is -6.91. The molecular weight excluding hydrogens is 623 g/mol. The van der Waals surface area contributed by atoms with Gasteiger partial charge in [0.2, 0.25) is 0 Å². The normalized spacial score (nSPS) is 11.9. The zero-order chi connectivity index (χ0) is 33.5. The van der Waals surface area contributed by atoms with Crippen molar-refractivity contribution in [2.24, 2.45) is 0 Å². The van der Waals surface area contributed by atoms with Crippen LogP contribution in [0.1, 0.15) is 0 Å². The molecule has 236 valence electrons. The van der Waals surface area contributed by atoms with Gasteiger partial charge in [0.25, 0.3) is 0 Å². The average molecular weight is 650 g/mol. The topological polar surface area (TPSA) is 51.8 Å². The highest BCUT2D eigenvalue weighted by Crippen LogP contribution is 2.44. The minimum atomic E-state index is 0.604. The third kappa shape index (κ3) is 4.37. The van der Waals surface area contributed by atoms with E-state index in [0.29, 0.717) is 17.5 Å². The van der Waals surface area contributed by atoms with Gasteiger partial charge in [-0.15, -0.1) is 0 Å². The van der Waals surface area contributed by atoms with Crippen molar-refractivity contribution in [3.8, 4) is 34.2 Å². The van der Waals surface area contributed by atoms with Gasteiger partial charge < -0.3 is 4.42 Å². The van der Waals surface area contributed by atoms with Gasteiger partial charge in [-0.05, 0) is 72.7 Å². The van der Waals surface area contributed by atoms with Crippen molar-refractivity contribution >= 4 is 75.8 Å². The van der Waals surface area contributed by atoms with Crippen molar-refractivity contribution in [2.45, 2.75) is 0 Å². The van der Waals surface area contributed by atoms with Crippen molar-refractivity contribution in [1.82, 2.24) is 15.0 Å². The summed E-state index contributed by atoms with van der Waals surface area (Å²) in [7, 11) is 0. The van der Waals surface area contributed by atoms with Crippen LogP contribution in [0.3, 0.4) is 0 Å². The summed E-state index contributed by atoms with van der Waals surface area (Å²) in [4.78, 5) is 15.6. The van der Waals surface area contributed by atoms with Gasteiger partial charge in [0.1, 0.15) is 11.2 Å². The van der Waals surface area contributed by atoms with Gasteiger partial charge in [-0.25, -0.2) is 15.0 Å². The fourth-order valence-corrected chi connectivity index (χ4v) is 7.78. The molecule has 0 unspecified atom stereocenters. The Morgan fingerprint density at radius 3 is 1.69 bits per heavy atom. The molecule has 0 saturated carbocycles. The van der Waals surface area contributed by atoms with E-state index in [1.165, 1.54) is 26.9 Å². The molecule has 0 aliphatic carbocycles. The molecule has 2 heterocycles. The largest absolute Gasteiger partial charge is 0.455 e. The van der Waals surface area contributed by atoms with Gasteiger partial charge in [-0.3, -0.25) is 0 Å². The van der Waals surface area contributed by atoms with Crippen molar-refractivity contribution in [2.75, 3.05) is 0 Å². The van der Waals surface area contributed by atoms with Crippen LogP contribution in [0.5, 0.6) is 0 Å². The van der Waals surface area contributed by atoms with E-state index < -0.39 is 0 Å². The number of aromatic nitrogens is 3. The highest BCUT2D eigenvalue weighted by molar-refractivity contribution is 6.27. The molecule has 4 heteroatoms. The van der Waals surface area contributed by atoms with E-state index in [1.54, 1.807) is 0 Å². The van der Waals surface area contributed by atoms with E-state index in [1.807, 2.05) is 18.2 Å². The third-order valence-corrected chi connectivity index (χ3v) is 10.2. The standard InChI is InChI=1S/C47H27N3O/c1-2-12-31(13-3-1)45-48-46(35-23-21-30-19-18-28-10-6-8-16-36(28)38(30)26-35)50-47(49-45)40-25-34-22-20-29-11-7-9-17-37(29)42(34)44-43(40)39-24-32-14-4-5-15-33(32)27-41(39)51-44/h1-27H. The van der Waals surface area contributed by atoms with Crippen LogP contribution < -0.4 is 0 Å². The molecule has 0 N–H and O–H groups in total. The van der Waals surface area contributed by atoms with Crippen LogP contribution in [0.2, 0.25) is 0 Å². The molecule has 51 heavy (non-hydrogen) atoms. The van der Waals surface area contributed by atoms with E-state index >= 15 is 0 Å². The lowest BCUT2D eigenvalue weighted by Gasteiger charge is -2.12. The van der Waals surface area contributed by atoms with Gasteiger partial charge in [-0.2, -0.15) is 0 Å². The summed E-state index contributed by atoms with van der Waals surface area (Å²) in [5, 5.41) is 13.6. The number of fused-ring (bicyclic) bond motifs is 11. The summed E-state index contributed by atoms with van der Waals surface area (Å²) in [6, 6.07) is 57.5. The number of rotatable bonds is 3. The summed E-state index contributed by atoms with van der Waals surface area (Å²) in [6.45, 7) is 0. The molecule has 2 aromatic heterocycles. The van der Waals surface area contributed by atoms with E-state index in [-0.39, 0.29) is 0 Å². The fraction of sp³-hybridized carbons (Fsp3) is 0. The number of nitrogens with zero attached hydrogens (tertiary/aromatic N) is 3. The van der Waals surface area contributed by atoms with Gasteiger partial charge in [0, 0.05) is 32.8 Å². The molecule has 0 amide bonds. The maximum Gasteiger partial charge on any atom is 0.164 e. The van der Waals surface area contributed by atoms with Gasteiger partial charge in [-0.1, -0.05) is 140 Å². The van der Waals surface area contributed by atoms with Crippen LogP contribution in [0.4, 0.5) is 0 Å². The molecule has 0 bridgehead atoms. The predicted molar refractivity (Wildman–Crippen MR) is 211 cm³/mol. The second kappa shape index (κ2) is 10.8. The Labute approximate surface area is 292 Å². The first kappa shape index (κ1) is 28.0. The molecule has 0 radical (unpaired) electrons. The summed E-state index contributed by atoms with van der Waals surface area (Å²) >= 11 is 0. The Bertz CT molecular complexity index is 3200. The molecule has 0 saturated heterocycles. The maximum absolute atomic E-state index is 6.89. The van der Waals surface area contributed by atoms with E-state index in [9.17, 15) is 0 Å². The molecule has 0 spiro atoms. The number of benzene rings is 9. The highest BCUT2D eigenvalue weighted by atomic mass is 16.3. The highest BCUT2D eigenvalue weighted by Gasteiger charge is 2.22. The van der Waals surface area contributed by atoms with Crippen LogP contribution in [-0.2, 0) is 0 Å². The quantitative estimate of drug-likeness (QED) is 0.179. The molecule has 11 aromatic rings. The second-order valence-corrected chi connectivity index (χ2v) is 13.2. The lowest BCUT2D eigenvalue weighted by Crippen LogP contribution is -2.00. The molecule has 0 fully saturated rings. The molecule has 0 aliphatic rings. The van der Waals surface area contributed by atoms with Crippen LogP contribution in [0, 0.1) is 0 Å². The Balaban J connectivity index is 1.25. The SMILES string of the molecule is c1ccc(-c2nc(-c3ccc4ccc5ccccc5c4c3)nc(-c3cc4ccc5ccccc5c4c4oc5cc6ccccc6cc5c34)n2)cc1. The summed E-state index contributed by atoms with van der Waals surface area (Å²) < 4.78 is 6.89. The van der Waals surface area contributed by atoms with E-state index in [4.69, 9.17) is 19.4 Å². The second-order valence-electron chi connectivity index (χ2n) is 13.2. The molecule has 9 aromatic carbocycles. The summed E-state index contributed by atoms with van der Waals surface area (Å²) in [5.41, 5.74) is 4.45. The first-order valence-corrected chi connectivity index (χ1v) is 17.2. The molecular formula is C47H27N3O. The van der Waals surface area contributed by atoms with Crippen LogP contribution in [0.25, 0.3) is 110 Å². The lowest BCUT2D eigenvalue weighted by atomic mass is 9.95. The van der Waals surface area contributed by atoms with E-state index in [0.717, 1.165) is 65.6 Å². The lowest BCUT2D eigenvalue weighted by molar-refractivity contribution is 0.673. The predicted octanol–water partition coefficient (Wildman–Crippen LogP) is 12.5. The monoisotopic (exact) mass is 649 g/mol.